The molecule has 1 saturated heterocycles. The number of rotatable bonds is 15. The molecule has 5 rings (SSSR count). The minimum atomic E-state index is -0.778. The third kappa shape index (κ3) is 9.31. The zero-order valence-electron chi connectivity index (χ0n) is 24.2. The van der Waals surface area contributed by atoms with E-state index in [1.807, 2.05) is 121 Å². The smallest absolute Gasteiger partial charge is 0.189 e. The first-order valence-electron chi connectivity index (χ1n) is 14.7. The van der Waals surface area contributed by atoms with Gasteiger partial charge in [0, 0.05) is 13.0 Å². The van der Waals surface area contributed by atoms with Crippen LogP contribution in [0.1, 0.15) is 28.7 Å². The quantitative estimate of drug-likeness (QED) is 0.170. The van der Waals surface area contributed by atoms with E-state index in [4.69, 9.17) is 23.7 Å². The minimum Gasteiger partial charge on any atom is -0.369 e. The molecule has 0 saturated carbocycles. The highest BCUT2D eigenvalue weighted by Crippen LogP contribution is 2.30. The first-order valence-corrected chi connectivity index (χ1v) is 14.7. The number of hydrogen-bond acceptors (Lipinski definition) is 7. The van der Waals surface area contributed by atoms with Crippen LogP contribution in [0.5, 0.6) is 0 Å². The lowest BCUT2D eigenvalue weighted by molar-refractivity contribution is -0.346. The van der Waals surface area contributed by atoms with E-state index in [2.05, 4.69) is 11.4 Å². The maximum absolute atomic E-state index is 9.29. The van der Waals surface area contributed by atoms with Gasteiger partial charge in [-0.15, -0.1) is 0 Å². The Morgan fingerprint density at radius 1 is 0.535 bits per heavy atom. The third-order valence-corrected chi connectivity index (χ3v) is 7.21. The number of benzene rings is 4. The van der Waals surface area contributed by atoms with Crippen LogP contribution in [-0.4, -0.2) is 37.4 Å². The molecule has 7 nitrogen and oxygen atoms in total. The molecule has 0 amide bonds. The Kier molecular flexibility index (Phi) is 11.9. The average molecular weight is 579 g/mol. The van der Waals surface area contributed by atoms with Gasteiger partial charge in [-0.2, -0.15) is 5.26 Å². The third-order valence-electron chi connectivity index (χ3n) is 7.21. The Bertz CT molecular complexity index is 1370. The van der Waals surface area contributed by atoms with Crippen LogP contribution in [0.15, 0.2) is 121 Å². The average Bonchev–Trinajstić information content (AvgIpc) is 3.07. The van der Waals surface area contributed by atoms with Crippen LogP contribution in [0.4, 0.5) is 0 Å². The molecule has 0 spiro atoms. The maximum atomic E-state index is 9.29. The highest BCUT2D eigenvalue weighted by Gasteiger charge is 2.48. The summed E-state index contributed by atoms with van der Waals surface area (Å²) in [6, 6.07) is 41.8. The Morgan fingerprint density at radius 3 is 1.37 bits per heavy atom. The van der Waals surface area contributed by atoms with Crippen molar-refractivity contribution in [2.45, 2.75) is 63.7 Å². The van der Waals surface area contributed by atoms with Gasteiger partial charge in [-0.1, -0.05) is 121 Å². The maximum Gasteiger partial charge on any atom is 0.189 e. The second-order valence-corrected chi connectivity index (χ2v) is 10.4. The molecule has 7 heteroatoms. The molecule has 0 unspecified atom stereocenters. The molecule has 0 aromatic heterocycles. The lowest BCUT2D eigenvalue weighted by Gasteiger charge is -2.46. The zero-order valence-corrected chi connectivity index (χ0v) is 24.2. The van der Waals surface area contributed by atoms with E-state index in [1.54, 1.807) is 0 Å². The van der Waals surface area contributed by atoms with Crippen molar-refractivity contribution in [3.8, 4) is 6.07 Å². The second-order valence-electron chi connectivity index (χ2n) is 10.4. The predicted octanol–water partition coefficient (Wildman–Crippen LogP) is 6.15. The van der Waals surface area contributed by atoms with Gasteiger partial charge in [0.2, 0.25) is 0 Å². The fraction of sp³-hybridized carbons (Fsp3) is 0.306. The first kappa shape index (κ1) is 30.6. The molecule has 222 valence electrons. The molecule has 1 aliphatic rings. The Balaban J connectivity index is 1.44. The summed E-state index contributed by atoms with van der Waals surface area (Å²) in [5, 5.41) is 12.8. The highest BCUT2D eigenvalue weighted by atomic mass is 16.8. The molecule has 5 atom stereocenters. The summed E-state index contributed by atoms with van der Waals surface area (Å²) in [7, 11) is 0. The van der Waals surface area contributed by atoms with Crippen molar-refractivity contribution in [3.05, 3.63) is 144 Å². The number of nitrogens with zero attached hydrogens (tertiary/aromatic N) is 1. The van der Waals surface area contributed by atoms with Crippen molar-refractivity contribution in [3.63, 3.8) is 0 Å². The minimum absolute atomic E-state index is 0.330. The summed E-state index contributed by atoms with van der Waals surface area (Å²) < 4.78 is 32.6. The molecule has 43 heavy (non-hydrogen) atoms. The molecule has 1 N–H and O–H groups in total. The van der Waals surface area contributed by atoms with Gasteiger partial charge in [-0.05, 0) is 22.3 Å². The SMILES string of the molecule is N#CCCN[C@H]1[C@H](OCc2ccccc2)O[C@H](OCc2ccccc2)[C@@H](OCc2ccccc2)[C@@H]1OCc1ccccc1. The monoisotopic (exact) mass is 578 g/mol. The molecule has 4 aromatic rings. The van der Waals surface area contributed by atoms with Crippen LogP contribution >= 0.6 is 0 Å². The molecular formula is C36H38N2O5. The topological polar surface area (TPSA) is 82.0 Å². The summed E-state index contributed by atoms with van der Waals surface area (Å²) in [5.41, 5.74) is 4.11. The summed E-state index contributed by atoms with van der Waals surface area (Å²) in [6.45, 7) is 1.84. The highest BCUT2D eigenvalue weighted by molar-refractivity contribution is 5.16. The lowest BCUT2D eigenvalue weighted by Crippen LogP contribution is -2.65. The predicted molar refractivity (Wildman–Crippen MR) is 163 cm³/mol. The Hall–Kier alpha value is -3.87. The fourth-order valence-corrected chi connectivity index (χ4v) is 5.00. The molecule has 4 aromatic carbocycles. The van der Waals surface area contributed by atoms with Gasteiger partial charge >= 0.3 is 0 Å². The van der Waals surface area contributed by atoms with Crippen LogP contribution < -0.4 is 5.32 Å². The van der Waals surface area contributed by atoms with Crippen LogP contribution in [0.25, 0.3) is 0 Å². The van der Waals surface area contributed by atoms with Gasteiger partial charge < -0.3 is 29.0 Å². The van der Waals surface area contributed by atoms with Gasteiger partial charge in [0.1, 0.15) is 12.2 Å². The summed E-state index contributed by atoms with van der Waals surface area (Å²) in [6.07, 6.45) is -2.28. The molecule has 1 heterocycles. The van der Waals surface area contributed by atoms with Crippen molar-refractivity contribution in [2.24, 2.45) is 0 Å². The molecule has 0 radical (unpaired) electrons. The molecule has 1 aliphatic heterocycles. The van der Waals surface area contributed by atoms with Crippen molar-refractivity contribution in [2.75, 3.05) is 6.54 Å². The zero-order chi connectivity index (χ0) is 29.5. The number of hydrogen-bond donors (Lipinski definition) is 1. The van der Waals surface area contributed by atoms with Gasteiger partial charge in [0.25, 0.3) is 0 Å². The summed E-state index contributed by atoms with van der Waals surface area (Å²) in [5.74, 6) is 0. The van der Waals surface area contributed by atoms with Gasteiger partial charge in [0.15, 0.2) is 12.6 Å². The number of nitrogens with one attached hydrogen (secondary N) is 1. The van der Waals surface area contributed by atoms with Crippen LogP contribution in [0.3, 0.4) is 0 Å². The van der Waals surface area contributed by atoms with E-state index in [0.29, 0.717) is 39.4 Å². The van der Waals surface area contributed by atoms with Crippen LogP contribution in [0, 0.1) is 11.3 Å². The van der Waals surface area contributed by atoms with E-state index < -0.39 is 30.8 Å². The lowest BCUT2D eigenvalue weighted by atomic mass is 9.99. The summed E-state index contributed by atoms with van der Waals surface area (Å²) >= 11 is 0. The molecule has 0 aliphatic carbocycles. The van der Waals surface area contributed by atoms with E-state index in [-0.39, 0.29) is 0 Å². The molecule has 1 fully saturated rings. The second kappa shape index (κ2) is 16.7. The van der Waals surface area contributed by atoms with E-state index in [9.17, 15) is 5.26 Å². The summed E-state index contributed by atoms with van der Waals surface area (Å²) in [4.78, 5) is 0. The van der Waals surface area contributed by atoms with E-state index in [0.717, 1.165) is 22.3 Å². The number of ether oxygens (including phenoxy) is 5. The van der Waals surface area contributed by atoms with E-state index in [1.165, 1.54) is 0 Å². The number of nitriles is 1. The van der Waals surface area contributed by atoms with Crippen molar-refractivity contribution in [1.82, 2.24) is 5.32 Å². The van der Waals surface area contributed by atoms with E-state index >= 15 is 0 Å². The molecule has 0 bridgehead atoms. The van der Waals surface area contributed by atoms with Crippen LogP contribution in [-0.2, 0) is 50.1 Å². The Morgan fingerprint density at radius 2 is 0.930 bits per heavy atom. The van der Waals surface area contributed by atoms with Gasteiger partial charge in [0.05, 0.1) is 38.5 Å². The Labute approximate surface area is 253 Å². The van der Waals surface area contributed by atoms with Crippen LogP contribution in [0.2, 0.25) is 0 Å². The van der Waals surface area contributed by atoms with Crippen molar-refractivity contribution < 1.29 is 23.7 Å². The standard InChI is InChI=1S/C36H38N2O5/c37-22-13-23-38-32-33(39-24-28-14-5-1-6-15-28)34(40-25-29-16-7-2-8-17-29)36(42-27-31-20-11-4-12-21-31)43-35(32)41-26-30-18-9-3-10-19-30/h1-12,14-21,32-36,38H,13,23-27H2/t32-,33-,34+,35-,36+/m1/s1. The van der Waals surface area contributed by atoms with Gasteiger partial charge in [-0.25, -0.2) is 0 Å². The first-order chi connectivity index (χ1) is 21.3. The molecular weight excluding hydrogens is 540 g/mol. The van der Waals surface area contributed by atoms with Crippen molar-refractivity contribution >= 4 is 0 Å². The normalized spacial score (nSPS) is 21.7. The van der Waals surface area contributed by atoms with Crippen molar-refractivity contribution in [1.29, 1.82) is 5.26 Å². The fourth-order valence-electron chi connectivity index (χ4n) is 5.00. The van der Waals surface area contributed by atoms with Gasteiger partial charge in [-0.3, -0.25) is 0 Å². The largest absolute Gasteiger partial charge is 0.369 e.